The minimum Gasteiger partial charge on any atom is -0.493 e. The van der Waals surface area contributed by atoms with E-state index in [-0.39, 0.29) is 11.3 Å². The molecule has 2 heterocycles. The summed E-state index contributed by atoms with van der Waals surface area (Å²) in [5.74, 6) is 1.59. The van der Waals surface area contributed by atoms with Gasteiger partial charge in [-0.1, -0.05) is 36.2 Å². The number of aromatic nitrogens is 3. The first-order valence-corrected chi connectivity index (χ1v) is 10.6. The zero-order chi connectivity index (χ0) is 20.2. The van der Waals surface area contributed by atoms with Gasteiger partial charge in [0.1, 0.15) is 5.82 Å². The van der Waals surface area contributed by atoms with E-state index in [2.05, 4.69) is 28.2 Å². The summed E-state index contributed by atoms with van der Waals surface area (Å²) in [5, 5.41) is 10.5. The minimum atomic E-state index is 0.0708. The maximum absolute atomic E-state index is 9.74. The third-order valence-corrected chi connectivity index (χ3v) is 6.88. The molecule has 5 rings (SSSR count). The molecule has 2 aliphatic rings. The lowest BCUT2D eigenvalue weighted by Crippen LogP contribution is -2.42. The Bertz CT molecular complexity index is 1150. The van der Waals surface area contributed by atoms with Crippen LogP contribution < -0.4 is 0 Å². The number of imidazole rings is 1. The number of hydrogen-bond acceptors (Lipinski definition) is 3. The Labute approximate surface area is 175 Å². The highest BCUT2D eigenvalue weighted by atomic mass is 35.5. The number of aryl methyl sites for hydroxylation is 2. The molecular formula is C24H24ClN3O. The molecule has 2 aliphatic carbocycles. The summed E-state index contributed by atoms with van der Waals surface area (Å²) in [5.41, 5.74) is 6.29. The number of hydrogen-bond donors (Lipinski definition) is 2. The highest BCUT2D eigenvalue weighted by Gasteiger charge is 2.46. The van der Waals surface area contributed by atoms with Gasteiger partial charge in [0.15, 0.2) is 0 Å². The molecule has 0 radical (unpaired) electrons. The van der Waals surface area contributed by atoms with Crippen molar-refractivity contribution in [2.45, 2.75) is 44.9 Å². The molecule has 0 aliphatic heterocycles. The maximum atomic E-state index is 9.74. The average molecular weight is 406 g/mol. The number of benzene rings is 1. The Morgan fingerprint density at radius 1 is 1.17 bits per heavy atom. The molecule has 29 heavy (non-hydrogen) atoms. The molecule has 3 aromatic rings. The van der Waals surface area contributed by atoms with Gasteiger partial charge in [-0.05, 0) is 68.4 Å². The summed E-state index contributed by atoms with van der Waals surface area (Å²) in [6.45, 7) is 3.98. The van der Waals surface area contributed by atoms with Gasteiger partial charge in [0.05, 0.1) is 11.0 Å². The van der Waals surface area contributed by atoms with Gasteiger partial charge >= 0.3 is 0 Å². The van der Waals surface area contributed by atoms with Crippen molar-refractivity contribution in [3.8, 4) is 5.88 Å². The van der Waals surface area contributed by atoms with Crippen molar-refractivity contribution in [3.63, 3.8) is 0 Å². The first-order valence-electron chi connectivity index (χ1n) is 10.2. The Morgan fingerprint density at radius 3 is 2.66 bits per heavy atom. The van der Waals surface area contributed by atoms with Crippen LogP contribution in [0.2, 0.25) is 5.02 Å². The van der Waals surface area contributed by atoms with Crippen LogP contribution >= 0.6 is 11.6 Å². The lowest BCUT2D eigenvalue weighted by atomic mass is 9.58. The zero-order valence-electron chi connectivity index (χ0n) is 16.7. The lowest BCUT2D eigenvalue weighted by Gasteiger charge is -2.46. The first kappa shape index (κ1) is 18.4. The summed E-state index contributed by atoms with van der Waals surface area (Å²) in [4.78, 5) is 12.7. The number of pyridine rings is 1. The van der Waals surface area contributed by atoms with Gasteiger partial charge in [0.25, 0.3) is 0 Å². The molecule has 2 N–H and O–H groups in total. The monoisotopic (exact) mass is 405 g/mol. The number of nitrogens with one attached hydrogen (secondary N) is 1. The second kappa shape index (κ2) is 6.74. The number of nitrogens with zero attached hydrogens (tertiary/aromatic N) is 2. The second-order valence-corrected chi connectivity index (χ2v) is 8.81. The summed E-state index contributed by atoms with van der Waals surface area (Å²) in [7, 11) is 0. The molecule has 0 amide bonds. The van der Waals surface area contributed by atoms with E-state index in [1.54, 1.807) is 6.07 Å². The smallest absolute Gasteiger partial charge is 0.211 e. The third kappa shape index (κ3) is 2.98. The molecule has 1 fully saturated rings. The van der Waals surface area contributed by atoms with E-state index in [4.69, 9.17) is 16.6 Å². The van der Waals surface area contributed by atoms with Crippen molar-refractivity contribution in [3.05, 3.63) is 70.2 Å². The first-order chi connectivity index (χ1) is 14.0. The van der Waals surface area contributed by atoms with Crippen LogP contribution in [0, 0.1) is 19.8 Å². The molecule has 148 valence electrons. The van der Waals surface area contributed by atoms with Crippen molar-refractivity contribution in [1.82, 2.24) is 15.0 Å². The minimum absolute atomic E-state index is 0.0708. The van der Waals surface area contributed by atoms with E-state index in [9.17, 15) is 5.11 Å². The molecule has 0 bridgehead atoms. The third-order valence-electron chi connectivity index (χ3n) is 6.64. The fraction of sp³-hybridized carbons (Fsp3) is 0.333. The standard InChI is InChI=1S/C24H24ClN3O/c1-14-12-21(29)26-15(2)22(14)16-4-6-17(7-5-16)24(10-3-11-24)23-27-19-9-8-18(25)13-20(19)28-23/h4-6,8-9,12-13,17H,3,7,10-11H2,1-2H3,(H,26,29)(H,27,28). The molecule has 1 saturated carbocycles. The molecule has 4 nitrogen and oxygen atoms in total. The van der Waals surface area contributed by atoms with Crippen molar-refractivity contribution >= 4 is 28.2 Å². The van der Waals surface area contributed by atoms with Crippen molar-refractivity contribution in [2.24, 2.45) is 5.92 Å². The molecule has 0 saturated heterocycles. The van der Waals surface area contributed by atoms with Gasteiger partial charge in [0.2, 0.25) is 5.88 Å². The number of aromatic hydroxyl groups is 1. The molecule has 1 atom stereocenters. The van der Waals surface area contributed by atoms with Crippen LogP contribution in [-0.2, 0) is 5.41 Å². The second-order valence-electron chi connectivity index (χ2n) is 8.38. The van der Waals surface area contributed by atoms with E-state index in [0.29, 0.717) is 5.92 Å². The van der Waals surface area contributed by atoms with E-state index in [1.165, 1.54) is 12.0 Å². The van der Waals surface area contributed by atoms with Crippen molar-refractivity contribution in [2.75, 3.05) is 0 Å². The topological polar surface area (TPSA) is 61.8 Å². The lowest BCUT2D eigenvalue weighted by molar-refractivity contribution is 0.165. The van der Waals surface area contributed by atoms with Gasteiger partial charge in [-0.3, -0.25) is 0 Å². The van der Waals surface area contributed by atoms with Crippen LogP contribution in [0.25, 0.3) is 16.6 Å². The largest absolute Gasteiger partial charge is 0.493 e. The molecule has 1 aromatic carbocycles. The summed E-state index contributed by atoms with van der Waals surface area (Å²) in [6.07, 6.45) is 11.4. The van der Waals surface area contributed by atoms with Crippen LogP contribution in [-0.4, -0.2) is 20.1 Å². The van der Waals surface area contributed by atoms with Crippen LogP contribution in [0.15, 0.2) is 42.5 Å². The average Bonchev–Trinajstić information content (AvgIpc) is 3.04. The van der Waals surface area contributed by atoms with Crippen LogP contribution in [0.1, 0.15) is 48.3 Å². The Morgan fingerprint density at radius 2 is 2.00 bits per heavy atom. The number of fused-ring (bicyclic) bond motifs is 1. The Hall–Kier alpha value is -2.59. The fourth-order valence-electron chi connectivity index (χ4n) is 5.02. The number of aromatic amines is 1. The van der Waals surface area contributed by atoms with Crippen molar-refractivity contribution in [1.29, 1.82) is 0 Å². The summed E-state index contributed by atoms with van der Waals surface area (Å²) < 4.78 is 0. The van der Waals surface area contributed by atoms with Gasteiger partial charge in [-0.15, -0.1) is 0 Å². The van der Waals surface area contributed by atoms with E-state index >= 15 is 0 Å². The molecule has 2 aromatic heterocycles. The summed E-state index contributed by atoms with van der Waals surface area (Å²) >= 11 is 6.15. The van der Waals surface area contributed by atoms with Gasteiger partial charge in [-0.25, -0.2) is 9.97 Å². The van der Waals surface area contributed by atoms with E-state index in [0.717, 1.165) is 58.0 Å². The predicted octanol–water partition coefficient (Wildman–Crippen LogP) is 6.02. The Balaban J connectivity index is 1.46. The van der Waals surface area contributed by atoms with Crippen LogP contribution in [0.4, 0.5) is 0 Å². The number of allylic oxidation sites excluding steroid dienone is 4. The molecule has 1 unspecified atom stereocenters. The quantitative estimate of drug-likeness (QED) is 0.560. The van der Waals surface area contributed by atoms with Gasteiger partial charge in [-0.2, -0.15) is 0 Å². The maximum Gasteiger partial charge on any atom is 0.211 e. The van der Waals surface area contributed by atoms with Crippen LogP contribution in [0.3, 0.4) is 0 Å². The van der Waals surface area contributed by atoms with Crippen molar-refractivity contribution < 1.29 is 5.11 Å². The fourth-order valence-corrected chi connectivity index (χ4v) is 5.19. The molecule has 0 spiro atoms. The van der Waals surface area contributed by atoms with E-state index < -0.39 is 0 Å². The molecular weight excluding hydrogens is 382 g/mol. The number of rotatable bonds is 3. The SMILES string of the molecule is Cc1cc(O)nc(C)c1C1=CCC(C2(c3nc4cc(Cl)ccc4[nH]3)CCC2)C=C1. The normalized spacial score (nSPS) is 20.5. The van der Waals surface area contributed by atoms with Crippen LogP contribution in [0.5, 0.6) is 5.88 Å². The highest BCUT2D eigenvalue weighted by Crippen LogP contribution is 2.51. The van der Waals surface area contributed by atoms with Gasteiger partial charge < -0.3 is 10.1 Å². The zero-order valence-corrected chi connectivity index (χ0v) is 17.4. The summed E-state index contributed by atoms with van der Waals surface area (Å²) in [6, 6.07) is 7.58. The predicted molar refractivity (Wildman–Crippen MR) is 117 cm³/mol. The van der Waals surface area contributed by atoms with Gasteiger partial charge in [0, 0.05) is 27.8 Å². The number of H-pyrrole nitrogens is 1. The highest BCUT2D eigenvalue weighted by molar-refractivity contribution is 6.31. The number of halogens is 1. The Kier molecular flexibility index (Phi) is 4.28. The molecule has 5 heteroatoms. The van der Waals surface area contributed by atoms with E-state index in [1.807, 2.05) is 32.0 Å².